The Morgan fingerprint density at radius 3 is 2.20 bits per heavy atom. The van der Waals surface area contributed by atoms with Gasteiger partial charge in [-0.3, -0.25) is 0 Å². The quantitative estimate of drug-likeness (QED) is 0.505. The van der Waals surface area contributed by atoms with Gasteiger partial charge in [0.05, 0.1) is 0 Å². The minimum Gasteiger partial charge on any atom is -0.478 e. The van der Waals surface area contributed by atoms with Crippen LogP contribution >= 0.6 is 12.4 Å². The van der Waals surface area contributed by atoms with Crippen molar-refractivity contribution in [3.63, 3.8) is 0 Å². The van der Waals surface area contributed by atoms with Crippen molar-refractivity contribution >= 4 is 18.4 Å². The molecule has 0 aliphatic rings. The molecule has 0 saturated carbocycles. The standard InChI is InChI=1S/C12H22O2.ClH/c1-3-5-6-7-8-9-10-11(4-2)12(13)14;/h10H,3-9H2,1-2H3,(H,13,14);1H. The van der Waals surface area contributed by atoms with E-state index in [0.717, 1.165) is 12.8 Å². The Bertz CT molecular complexity index is 188. The molecule has 0 aliphatic carbocycles. The molecular formula is C12H23ClO2. The molecule has 90 valence electrons. The van der Waals surface area contributed by atoms with Gasteiger partial charge in [0, 0.05) is 5.57 Å². The van der Waals surface area contributed by atoms with Gasteiger partial charge in [-0.15, -0.1) is 12.4 Å². The lowest BCUT2D eigenvalue weighted by atomic mass is 10.1. The van der Waals surface area contributed by atoms with Gasteiger partial charge in [-0.1, -0.05) is 45.6 Å². The Labute approximate surface area is 99.2 Å². The zero-order valence-electron chi connectivity index (χ0n) is 9.79. The summed E-state index contributed by atoms with van der Waals surface area (Å²) in [4.78, 5) is 10.6. The normalized spacial score (nSPS) is 10.9. The van der Waals surface area contributed by atoms with E-state index in [4.69, 9.17) is 5.11 Å². The van der Waals surface area contributed by atoms with Crippen molar-refractivity contribution in [1.29, 1.82) is 0 Å². The second-order valence-electron chi connectivity index (χ2n) is 3.59. The first-order valence-electron chi connectivity index (χ1n) is 5.64. The number of allylic oxidation sites excluding steroid dienone is 1. The van der Waals surface area contributed by atoms with Gasteiger partial charge < -0.3 is 5.11 Å². The molecule has 1 N–H and O–H groups in total. The van der Waals surface area contributed by atoms with Crippen LogP contribution in [-0.2, 0) is 4.79 Å². The van der Waals surface area contributed by atoms with E-state index < -0.39 is 5.97 Å². The lowest BCUT2D eigenvalue weighted by Crippen LogP contribution is -1.98. The molecule has 3 heteroatoms. The van der Waals surface area contributed by atoms with Crippen LogP contribution < -0.4 is 0 Å². The second-order valence-corrected chi connectivity index (χ2v) is 3.59. The average Bonchev–Trinajstić information content (AvgIpc) is 2.16. The molecule has 0 amide bonds. The topological polar surface area (TPSA) is 37.3 Å². The second kappa shape index (κ2) is 11.6. The molecular weight excluding hydrogens is 212 g/mol. The van der Waals surface area contributed by atoms with Crippen LogP contribution in [0.2, 0.25) is 0 Å². The number of carbonyl (C=O) groups is 1. The van der Waals surface area contributed by atoms with Gasteiger partial charge in [0.25, 0.3) is 0 Å². The third kappa shape index (κ3) is 9.80. The molecule has 0 radical (unpaired) electrons. The maximum atomic E-state index is 10.6. The summed E-state index contributed by atoms with van der Waals surface area (Å²) in [5, 5.41) is 8.75. The summed E-state index contributed by atoms with van der Waals surface area (Å²) in [5.74, 6) is -0.763. The van der Waals surface area contributed by atoms with Crippen LogP contribution in [0.25, 0.3) is 0 Å². The third-order valence-electron chi connectivity index (χ3n) is 2.35. The highest BCUT2D eigenvalue weighted by Crippen LogP contribution is 2.08. The smallest absolute Gasteiger partial charge is 0.331 e. The van der Waals surface area contributed by atoms with Crippen molar-refractivity contribution in [3.8, 4) is 0 Å². The number of hydrogen-bond donors (Lipinski definition) is 1. The van der Waals surface area contributed by atoms with Crippen molar-refractivity contribution in [1.82, 2.24) is 0 Å². The van der Waals surface area contributed by atoms with Crippen molar-refractivity contribution in [2.45, 2.75) is 58.8 Å². The van der Waals surface area contributed by atoms with Crippen molar-refractivity contribution in [2.75, 3.05) is 0 Å². The summed E-state index contributed by atoms with van der Waals surface area (Å²) in [5.41, 5.74) is 0.556. The van der Waals surface area contributed by atoms with Crippen LogP contribution in [0.1, 0.15) is 58.8 Å². The van der Waals surface area contributed by atoms with Gasteiger partial charge in [-0.25, -0.2) is 4.79 Å². The number of carboxylic acids is 1. The number of unbranched alkanes of at least 4 members (excludes halogenated alkanes) is 5. The third-order valence-corrected chi connectivity index (χ3v) is 2.35. The maximum absolute atomic E-state index is 10.6. The summed E-state index contributed by atoms with van der Waals surface area (Å²) in [6.45, 7) is 4.08. The van der Waals surface area contributed by atoms with E-state index in [1.807, 2.05) is 13.0 Å². The van der Waals surface area contributed by atoms with Gasteiger partial charge in [0.1, 0.15) is 0 Å². The highest BCUT2D eigenvalue weighted by Gasteiger charge is 2.02. The zero-order valence-corrected chi connectivity index (χ0v) is 10.6. The predicted octanol–water partition coefficient (Wildman–Crippen LogP) is 4.19. The first-order valence-corrected chi connectivity index (χ1v) is 5.64. The molecule has 0 aliphatic heterocycles. The SMILES string of the molecule is CCCCCCCC=C(CC)C(=O)O.Cl. The molecule has 0 saturated heterocycles. The molecule has 15 heavy (non-hydrogen) atoms. The summed E-state index contributed by atoms with van der Waals surface area (Å²) in [6.07, 6.45) is 9.59. The summed E-state index contributed by atoms with van der Waals surface area (Å²) in [6, 6.07) is 0. The summed E-state index contributed by atoms with van der Waals surface area (Å²) >= 11 is 0. The number of rotatable bonds is 8. The van der Waals surface area contributed by atoms with E-state index in [1.54, 1.807) is 0 Å². The Morgan fingerprint density at radius 2 is 1.73 bits per heavy atom. The summed E-state index contributed by atoms with van der Waals surface area (Å²) < 4.78 is 0. The minimum absolute atomic E-state index is 0. The molecule has 0 heterocycles. The lowest BCUT2D eigenvalue weighted by molar-refractivity contribution is -0.132. The molecule has 0 spiro atoms. The number of carboxylic acid groups (broad SMARTS) is 1. The molecule has 0 fully saturated rings. The van der Waals surface area contributed by atoms with Gasteiger partial charge in [-0.2, -0.15) is 0 Å². The van der Waals surface area contributed by atoms with Crippen molar-refractivity contribution in [2.24, 2.45) is 0 Å². The highest BCUT2D eigenvalue weighted by atomic mass is 35.5. The van der Waals surface area contributed by atoms with Gasteiger partial charge in [0.2, 0.25) is 0 Å². The van der Waals surface area contributed by atoms with Crippen LogP contribution in [0.4, 0.5) is 0 Å². The van der Waals surface area contributed by atoms with Gasteiger partial charge >= 0.3 is 5.97 Å². The lowest BCUT2D eigenvalue weighted by Gasteiger charge is -1.99. The number of halogens is 1. The first-order chi connectivity index (χ1) is 6.72. The molecule has 0 aromatic rings. The Balaban J connectivity index is 0. The molecule has 0 rings (SSSR count). The number of aliphatic carboxylic acids is 1. The predicted molar refractivity (Wildman–Crippen MR) is 66.6 cm³/mol. The van der Waals surface area contributed by atoms with Crippen molar-refractivity contribution < 1.29 is 9.90 Å². The summed E-state index contributed by atoms with van der Waals surface area (Å²) in [7, 11) is 0. The van der Waals surface area contributed by atoms with Gasteiger partial charge in [0.15, 0.2) is 0 Å². The maximum Gasteiger partial charge on any atom is 0.331 e. The van der Waals surface area contributed by atoms with Crippen LogP contribution in [0.3, 0.4) is 0 Å². The average molecular weight is 235 g/mol. The Hall–Kier alpha value is -0.500. The molecule has 0 unspecified atom stereocenters. The van der Waals surface area contributed by atoms with Crippen molar-refractivity contribution in [3.05, 3.63) is 11.6 Å². The molecule has 0 atom stereocenters. The van der Waals surface area contributed by atoms with Crippen LogP contribution in [0.5, 0.6) is 0 Å². The van der Waals surface area contributed by atoms with Crippen LogP contribution in [0.15, 0.2) is 11.6 Å². The first kappa shape index (κ1) is 16.9. The fourth-order valence-corrected chi connectivity index (χ4v) is 1.41. The Morgan fingerprint density at radius 1 is 1.13 bits per heavy atom. The van der Waals surface area contributed by atoms with E-state index in [9.17, 15) is 4.79 Å². The van der Waals surface area contributed by atoms with E-state index >= 15 is 0 Å². The van der Waals surface area contributed by atoms with Crippen LogP contribution in [-0.4, -0.2) is 11.1 Å². The largest absolute Gasteiger partial charge is 0.478 e. The molecule has 2 nitrogen and oxygen atoms in total. The van der Waals surface area contributed by atoms with E-state index in [0.29, 0.717) is 12.0 Å². The number of hydrogen-bond acceptors (Lipinski definition) is 1. The molecule has 0 bridgehead atoms. The highest BCUT2D eigenvalue weighted by molar-refractivity contribution is 5.86. The van der Waals surface area contributed by atoms with Gasteiger partial charge in [-0.05, 0) is 19.3 Å². The molecule has 0 aromatic carbocycles. The van der Waals surface area contributed by atoms with Crippen LogP contribution in [0, 0.1) is 0 Å². The molecule has 0 aromatic heterocycles. The minimum atomic E-state index is -0.763. The van der Waals surface area contributed by atoms with E-state index in [1.165, 1.54) is 25.7 Å². The van der Waals surface area contributed by atoms with E-state index in [-0.39, 0.29) is 12.4 Å². The monoisotopic (exact) mass is 234 g/mol. The Kier molecular flexibility index (Phi) is 13.1. The fraction of sp³-hybridized carbons (Fsp3) is 0.750. The zero-order chi connectivity index (χ0) is 10.8. The fourth-order valence-electron chi connectivity index (χ4n) is 1.41. The van der Waals surface area contributed by atoms with E-state index in [2.05, 4.69) is 6.92 Å².